The first-order valence-electron chi connectivity index (χ1n) is 33.3. The van der Waals surface area contributed by atoms with Crippen molar-refractivity contribution < 1.29 is 82.8 Å². The van der Waals surface area contributed by atoms with E-state index in [4.69, 9.17) is 33.8 Å². The Bertz CT molecular complexity index is 4220. The van der Waals surface area contributed by atoms with Crippen LogP contribution in [0, 0.1) is 29.1 Å². The van der Waals surface area contributed by atoms with E-state index in [0.717, 1.165) is 54.4 Å². The van der Waals surface area contributed by atoms with Gasteiger partial charge in [0.05, 0.1) is 70.6 Å². The molecule has 4 aromatic heterocycles. The number of anilines is 1. The molecule has 5 fully saturated rings. The number of ether oxygens (including phenoxy) is 5. The van der Waals surface area contributed by atoms with Crippen LogP contribution in [0.3, 0.4) is 0 Å². The largest absolute Gasteiger partial charge is 0.491 e. The molecule has 3 aromatic carbocycles. The van der Waals surface area contributed by atoms with Crippen molar-refractivity contribution in [2.75, 3.05) is 58.4 Å². The highest BCUT2D eigenvalue weighted by molar-refractivity contribution is 7.22. The van der Waals surface area contributed by atoms with E-state index in [1.165, 1.54) is 39.4 Å². The summed E-state index contributed by atoms with van der Waals surface area (Å²) < 4.78 is 33.5. The predicted molar refractivity (Wildman–Crippen MR) is 362 cm³/mol. The lowest BCUT2D eigenvalue weighted by Crippen LogP contribution is -2.64. The Labute approximate surface area is 574 Å². The molecule has 7 aromatic rings. The van der Waals surface area contributed by atoms with Gasteiger partial charge in [0.15, 0.2) is 10.8 Å². The Kier molecular flexibility index (Phi) is 20.3. The number of carbonyl (C=O) groups excluding carboxylic acids is 5. The normalized spacial score (nSPS) is 24.6. The van der Waals surface area contributed by atoms with Crippen molar-refractivity contribution >= 4 is 79.2 Å². The Morgan fingerprint density at radius 2 is 1.57 bits per heavy atom. The monoisotopic (exact) mass is 1380 g/mol. The van der Waals surface area contributed by atoms with Crippen LogP contribution in [0.25, 0.3) is 43.5 Å². The molecule has 27 heteroatoms. The number of hydrogen-bond acceptors (Lipinski definition) is 20. The lowest BCUT2D eigenvalue weighted by molar-refractivity contribution is -0.248. The number of aliphatic hydroxyl groups is 3. The van der Waals surface area contributed by atoms with E-state index in [2.05, 4.69) is 34.4 Å². The molecule has 5 heterocycles. The lowest BCUT2D eigenvalue weighted by atomic mass is 9.39. The van der Waals surface area contributed by atoms with Gasteiger partial charge >= 0.3 is 18.0 Å². The number of nitrogens with one attached hydrogen (secondary N) is 2. The lowest BCUT2D eigenvalue weighted by Gasteiger charge is -2.69. The van der Waals surface area contributed by atoms with Gasteiger partial charge in [0.1, 0.15) is 43.0 Å². The Hall–Kier alpha value is -9.25. The van der Waals surface area contributed by atoms with Crippen molar-refractivity contribution in [1.29, 1.82) is 0 Å². The molecule has 7 N–H and O–H groups in total. The first-order valence-corrected chi connectivity index (χ1v) is 34.1. The van der Waals surface area contributed by atoms with Crippen molar-refractivity contribution in [2.45, 2.75) is 135 Å². The fraction of sp³-hybridized carbons (Fsp3) is 0.458. The van der Waals surface area contributed by atoms with Gasteiger partial charge < -0.3 is 59.4 Å². The fourth-order valence-corrected chi connectivity index (χ4v) is 17.2. The Morgan fingerprint density at radius 1 is 0.788 bits per heavy atom. The quantitative estimate of drug-likeness (QED) is 0.0171. The second-order valence-electron chi connectivity index (χ2n) is 27.8. The zero-order valence-electron chi connectivity index (χ0n) is 55.5. The third-order valence-electron chi connectivity index (χ3n) is 19.8. The molecule has 7 atom stereocenters. The molecule has 4 bridgehead atoms. The van der Waals surface area contributed by atoms with Crippen LogP contribution >= 0.6 is 11.3 Å². The van der Waals surface area contributed by atoms with Gasteiger partial charge in [0, 0.05) is 104 Å². The summed E-state index contributed by atoms with van der Waals surface area (Å²) in [5, 5.41) is 64.4. The van der Waals surface area contributed by atoms with Gasteiger partial charge in [-0.15, -0.1) is 0 Å². The van der Waals surface area contributed by atoms with Gasteiger partial charge in [-0.05, 0) is 129 Å². The van der Waals surface area contributed by atoms with Crippen LogP contribution in [0.5, 0.6) is 11.5 Å². The van der Waals surface area contributed by atoms with Crippen LogP contribution in [0.15, 0.2) is 103 Å². The number of thiazole rings is 1. The molecular weight excluding hydrogens is 1290 g/mol. The van der Waals surface area contributed by atoms with Crippen molar-refractivity contribution in [1.82, 2.24) is 39.8 Å². The zero-order valence-corrected chi connectivity index (χ0v) is 56.3. The number of rotatable bonds is 29. The number of carboxylic acids is 2. The summed E-state index contributed by atoms with van der Waals surface area (Å²) in [5.74, 6) is -4.88. The molecule has 1 aliphatic heterocycles. The molecule has 5 saturated carbocycles. The van der Waals surface area contributed by atoms with Crippen LogP contribution < -0.4 is 20.1 Å². The minimum absolute atomic E-state index is 0.0476. The second kappa shape index (κ2) is 28.9. The molecule has 5 amide bonds. The smallest absolute Gasteiger partial charge is 0.409 e. The maximum atomic E-state index is 13.8. The minimum atomic E-state index is -1.83. The van der Waals surface area contributed by atoms with Crippen molar-refractivity contribution in [2.24, 2.45) is 22.2 Å². The third kappa shape index (κ3) is 15.5. The summed E-state index contributed by atoms with van der Waals surface area (Å²) in [7, 11) is 1.60. The summed E-state index contributed by atoms with van der Waals surface area (Å²) in [6, 6.07) is 22.9. The van der Waals surface area contributed by atoms with E-state index in [1.54, 1.807) is 68.0 Å². The third-order valence-corrected chi connectivity index (χ3v) is 20.7. The number of aromatic nitrogens is 5. The van der Waals surface area contributed by atoms with Crippen LogP contribution in [-0.2, 0) is 46.5 Å². The van der Waals surface area contributed by atoms with E-state index in [1.807, 2.05) is 35.9 Å². The maximum absolute atomic E-state index is 13.8. The summed E-state index contributed by atoms with van der Waals surface area (Å²) in [6.07, 6.45) is 5.69. The molecule has 26 nitrogen and oxygen atoms in total. The van der Waals surface area contributed by atoms with Crippen LogP contribution in [-0.4, -0.2) is 185 Å². The van der Waals surface area contributed by atoms with E-state index in [9.17, 15) is 59.1 Å². The number of carbonyl (C=O) groups is 7. The number of amides is 5. The molecule has 0 spiro atoms. The first kappa shape index (κ1) is 69.6. The highest BCUT2D eigenvalue weighted by Crippen LogP contribution is 2.72. The van der Waals surface area contributed by atoms with Gasteiger partial charge in [0.25, 0.3) is 17.7 Å². The topological polar surface area (TPSA) is 354 Å². The summed E-state index contributed by atoms with van der Waals surface area (Å²) in [5.41, 5.74) is 3.95. The van der Waals surface area contributed by atoms with Crippen LogP contribution in [0.2, 0.25) is 0 Å². The first-order chi connectivity index (χ1) is 47.4. The number of hydrogen-bond donors (Lipinski definition) is 7. The fourth-order valence-electron chi connectivity index (χ4n) is 16.3. The number of para-hydroxylation sites is 1. The van der Waals surface area contributed by atoms with E-state index in [-0.39, 0.29) is 116 Å². The molecule has 0 radical (unpaired) electrons. The van der Waals surface area contributed by atoms with Gasteiger partial charge in [0.2, 0.25) is 5.91 Å². The summed E-state index contributed by atoms with van der Waals surface area (Å²) in [4.78, 5) is 105. The number of aromatic carboxylic acids is 1. The number of carboxylic acid groups (broad SMARTS) is 2. The highest BCUT2D eigenvalue weighted by atomic mass is 32.1. The van der Waals surface area contributed by atoms with Gasteiger partial charge in [-0.3, -0.25) is 43.9 Å². The second-order valence-corrected chi connectivity index (χ2v) is 28.8. The molecule has 13 rings (SSSR count). The average molecular weight is 1380 g/mol. The molecule has 522 valence electrons. The van der Waals surface area contributed by atoms with Gasteiger partial charge in [-0.2, -0.15) is 5.10 Å². The van der Waals surface area contributed by atoms with E-state index in [0.29, 0.717) is 81.9 Å². The van der Waals surface area contributed by atoms with Crippen molar-refractivity contribution in [3.63, 3.8) is 0 Å². The number of aliphatic carboxylic acids is 1. The van der Waals surface area contributed by atoms with Crippen molar-refractivity contribution in [3.8, 4) is 33.9 Å². The molecule has 99 heavy (non-hydrogen) atoms. The molecule has 2 unspecified atom stereocenters. The number of imide groups is 1. The van der Waals surface area contributed by atoms with Crippen LogP contribution in [0.4, 0.5) is 9.93 Å². The molecule has 5 aliphatic carbocycles. The number of unbranched alkanes of at least 4 members (excludes halogenated alkanes) is 2. The van der Waals surface area contributed by atoms with Crippen LogP contribution in [0.1, 0.15) is 117 Å². The number of pyridine rings is 2. The number of likely N-dealkylation sites (N-methyl/N-ethyl adjacent to an activating group) is 1. The van der Waals surface area contributed by atoms with Gasteiger partial charge in [-0.25, -0.2) is 19.6 Å². The number of fused-ring (bicyclic) bond motifs is 2. The Balaban J connectivity index is 0.655. The number of aliphatic hydroxyl groups excluding tert-OH is 3. The maximum Gasteiger partial charge on any atom is 0.409 e. The molecule has 6 aliphatic rings. The predicted octanol–water partition coefficient (Wildman–Crippen LogP) is 8.36. The summed E-state index contributed by atoms with van der Waals surface area (Å²) in [6.45, 7) is 8.22. The SMILES string of the molecule is Cc1c(-c2ccc(-c3ccc4nccc(C(=O)Nc5nc6ccccc6s5)c4c3)nc2C(=O)O)cnn1CC12CC3(C)CC(C)(C1)CC(OCCN(C)C(=O)OCc1ccc(OCCOCCNC(=O)CCCCCN4C(=O)C=CC4=O)cc1O[C@@H]1C[C@H](C(=O)O)[C@@H](O)[C@H](O)[C@H]1O)(C3)C2. The molecule has 0 saturated heterocycles. The summed E-state index contributed by atoms with van der Waals surface area (Å²) >= 11 is 1.37. The zero-order chi connectivity index (χ0) is 70.0. The standard InChI is InChI=1S/C72H81N9O17S/c1-42-50(46-16-18-51(76-60(46)66(91)92)43-14-17-52-48(30-43)47(21-22-73-52)64(88)78-67-77-53-10-7-8-11-56(53)99-67)33-75-81(42)41-71-36-69(2)35-70(3,37-71)39-72(38-69,40-71)97-27-25-79(4)68(93)96-34-44-13-15-45(31-54(44)98-55-32-49(65(89)90)61(85)63(87)62(55)86)95-29-28-94-26-23-74-57(82)12-6-5-9-24-80-58(83)19-20-59(80)84/h7-8,10-11,13-22,30-31,33,49,55,61-63,85-87H,5-6,9,12,23-29,32,34-41H2,1-4H3,(H,74,82)(H,89,90)(H,91,92)(H,77,78,88)/t49-,55+,61+,62-,63-,69?,70?,71?,72?/m0/s1. The minimum Gasteiger partial charge on any atom is -0.491 e. The number of nitrogens with zero attached hydrogens (tertiary/aromatic N) is 7. The van der Waals surface area contributed by atoms with Gasteiger partial charge in [-0.1, -0.05) is 49.8 Å². The van der Waals surface area contributed by atoms with E-state index >= 15 is 0 Å². The molecular formula is C72H81N9O17S. The average Bonchev–Trinajstić information content (AvgIpc) is 0.802. The van der Waals surface area contributed by atoms with E-state index < -0.39 is 54.0 Å². The Morgan fingerprint density at radius 3 is 2.32 bits per heavy atom. The number of benzene rings is 3. The highest BCUT2D eigenvalue weighted by Gasteiger charge is 2.66. The van der Waals surface area contributed by atoms with Crippen molar-refractivity contribution in [3.05, 3.63) is 126 Å².